The number of aryl methyl sites for hydroxylation is 2. The fourth-order valence-corrected chi connectivity index (χ4v) is 3.72. The molecule has 7 heteroatoms. The Morgan fingerprint density at radius 2 is 2.00 bits per heavy atom. The van der Waals surface area contributed by atoms with Gasteiger partial charge in [0.2, 0.25) is 0 Å². The van der Waals surface area contributed by atoms with Gasteiger partial charge in [-0.2, -0.15) is 10.4 Å². The van der Waals surface area contributed by atoms with Crippen LogP contribution in [-0.2, 0) is 20.0 Å². The molecule has 0 aliphatic carbocycles. The van der Waals surface area contributed by atoms with Gasteiger partial charge < -0.3 is 4.90 Å². The first-order chi connectivity index (χ1) is 12.9. The largest absolute Gasteiger partial charge is 0.368 e. The fraction of sp³-hybridized carbons (Fsp3) is 0.450. The second-order valence-corrected chi connectivity index (χ2v) is 7.21. The van der Waals surface area contributed by atoms with E-state index in [2.05, 4.69) is 27.9 Å². The van der Waals surface area contributed by atoms with Crippen LogP contribution in [-0.4, -0.2) is 46.6 Å². The first-order valence-electron chi connectivity index (χ1n) is 9.17. The van der Waals surface area contributed by atoms with Crippen LogP contribution in [0.1, 0.15) is 41.0 Å². The third kappa shape index (κ3) is 4.00. The normalized spacial score (nSPS) is 15.0. The summed E-state index contributed by atoms with van der Waals surface area (Å²) >= 11 is 6.42. The van der Waals surface area contributed by atoms with Crippen LogP contribution in [0.4, 0.5) is 5.69 Å². The van der Waals surface area contributed by atoms with Crippen LogP contribution >= 0.6 is 11.6 Å². The van der Waals surface area contributed by atoms with Crippen LogP contribution in [0.3, 0.4) is 0 Å². The molecule has 6 nitrogen and oxygen atoms in total. The van der Waals surface area contributed by atoms with Crippen molar-refractivity contribution in [1.29, 1.82) is 5.26 Å². The summed E-state index contributed by atoms with van der Waals surface area (Å²) in [5, 5.41) is 14.6. The number of carbonyl (C=O) groups is 1. The van der Waals surface area contributed by atoms with Gasteiger partial charge in [-0.3, -0.25) is 14.4 Å². The Kier molecular flexibility index (Phi) is 5.83. The van der Waals surface area contributed by atoms with Gasteiger partial charge in [0.15, 0.2) is 5.78 Å². The van der Waals surface area contributed by atoms with Gasteiger partial charge in [0.05, 0.1) is 16.9 Å². The van der Waals surface area contributed by atoms with Gasteiger partial charge in [0.25, 0.3) is 0 Å². The molecule has 0 amide bonds. The van der Waals surface area contributed by atoms with E-state index in [9.17, 15) is 10.1 Å². The van der Waals surface area contributed by atoms with E-state index in [0.29, 0.717) is 16.3 Å². The summed E-state index contributed by atoms with van der Waals surface area (Å²) in [5.74, 6) is 0.0118. The molecule has 3 rings (SSSR count). The van der Waals surface area contributed by atoms with Crippen LogP contribution in [0, 0.1) is 11.3 Å². The topological polar surface area (TPSA) is 65.2 Å². The van der Waals surface area contributed by atoms with Gasteiger partial charge >= 0.3 is 0 Å². The Labute approximate surface area is 164 Å². The summed E-state index contributed by atoms with van der Waals surface area (Å²) in [7, 11) is 1.87. The SMILES string of the molecule is CCc1nn(C)c(Cl)c1CN1CCN(c2cc(C(C)=O)ccc2C#N)CC1. The smallest absolute Gasteiger partial charge is 0.159 e. The highest BCUT2D eigenvalue weighted by Gasteiger charge is 2.23. The number of ketones is 1. The molecule has 0 spiro atoms. The molecule has 0 radical (unpaired) electrons. The highest BCUT2D eigenvalue weighted by molar-refractivity contribution is 6.30. The zero-order chi connectivity index (χ0) is 19.6. The average Bonchev–Trinajstić information content (AvgIpc) is 2.95. The Morgan fingerprint density at radius 3 is 2.59 bits per heavy atom. The monoisotopic (exact) mass is 385 g/mol. The predicted molar refractivity (Wildman–Crippen MR) is 106 cm³/mol. The summed E-state index contributed by atoms with van der Waals surface area (Å²) in [6, 6.07) is 7.53. The third-order valence-corrected chi connectivity index (χ3v) is 5.58. The molecule has 1 aliphatic heterocycles. The molecule has 1 fully saturated rings. The number of rotatable bonds is 5. The molecule has 0 saturated carbocycles. The van der Waals surface area contributed by atoms with Crippen LogP contribution in [0.5, 0.6) is 0 Å². The summed E-state index contributed by atoms with van der Waals surface area (Å²) in [4.78, 5) is 16.2. The zero-order valence-corrected chi connectivity index (χ0v) is 16.8. The summed E-state index contributed by atoms with van der Waals surface area (Å²) in [6.45, 7) is 7.75. The van der Waals surface area contributed by atoms with Gasteiger partial charge in [-0.25, -0.2) is 0 Å². The van der Waals surface area contributed by atoms with Crippen molar-refractivity contribution in [3.63, 3.8) is 0 Å². The van der Waals surface area contributed by atoms with Gasteiger partial charge in [-0.1, -0.05) is 18.5 Å². The van der Waals surface area contributed by atoms with E-state index < -0.39 is 0 Å². The fourth-order valence-electron chi connectivity index (χ4n) is 3.52. The number of nitrogens with zero attached hydrogens (tertiary/aromatic N) is 5. The summed E-state index contributed by atoms with van der Waals surface area (Å²) in [5.41, 5.74) is 4.24. The molecule has 27 heavy (non-hydrogen) atoms. The number of nitriles is 1. The minimum Gasteiger partial charge on any atom is -0.368 e. The quantitative estimate of drug-likeness (QED) is 0.740. The Hall–Kier alpha value is -2.36. The molecule has 2 aromatic rings. The number of benzene rings is 1. The molecule has 2 heterocycles. The van der Waals surface area contributed by atoms with E-state index in [4.69, 9.17) is 11.6 Å². The first-order valence-corrected chi connectivity index (χ1v) is 9.55. The van der Waals surface area contributed by atoms with Crippen molar-refractivity contribution >= 4 is 23.1 Å². The number of anilines is 1. The molecule has 0 N–H and O–H groups in total. The second kappa shape index (κ2) is 8.12. The van der Waals surface area contributed by atoms with E-state index >= 15 is 0 Å². The van der Waals surface area contributed by atoms with E-state index in [1.165, 1.54) is 0 Å². The maximum atomic E-state index is 11.7. The lowest BCUT2D eigenvalue weighted by atomic mass is 10.1. The molecule has 1 aromatic carbocycles. The van der Waals surface area contributed by atoms with Crippen LogP contribution in [0.25, 0.3) is 0 Å². The maximum Gasteiger partial charge on any atom is 0.159 e. The minimum absolute atomic E-state index is 0.0118. The highest BCUT2D eigenvalue weighted by Crippen LogP contribution is 2.26. The average molecular weight is 386 g/mol. The Balaban J connectivity index is 1.72. The Morgan fingerprint density at radius 1 is 1.30 bits per heavy atom. The molecule has 142 valence electrons. The van der Waals surface area contributed by atoms with Crippen molar-refractivity contribution < 1.29 is 4.79 Å². The predicted octanol–water partition coefficient (Wildman–Crippen LogP) is 3.03. The van der Waals surface area contributed by atoms with E-state index in [0.717, 1.165) is 56.1 Å². The van der Waals surface area contributed by atoms with Gasteiger partial charge in [0.1, 0.15) is 11.2 Å². The van der Waals surface area contributed by atoms with Gasteiger partial charge in [0, 0.05) is 50.9 Å². The molecular weight excluding hydrogens is 362 g/mol. The molecule has 1 aromatic heterocycles. The standard InChI is InChI=1S/C20H24ClN5O/c1-4-18-17(20(21)24(3)23-18)13-25-7-9-26(10-8-25)19-11-15(14(2)27)5-6-16(19)12-22/h5-6,11H,4,7-10,13H2,1-3H3. The van der Waals surface area contributed by atoms with Crippen molar-refractivity contribution in [2.24, 2.45) is 7.05 Å². The lowest BCUT2D eigenvalue weighted by Crippen LogP contribution is -2.46. The summed E-state index contributed by atoms with van der Waals surface area (Å²) < 4.78 is 1.73. The van der Waals surface area contributed by atoms with Crippen LogP contribution in [0.2, 0.25) is 5.15 Å². The molecule has 1 saturated heterocycles. The van der Waals surface area contributed by atoms with Crippen molar-refractivity contribution in [2.75, 3.05) is 31.1 Å². The number of hydrogen-bond donors (Lipinski definition) is 0. The van der Waals surface area contributed by atoms with Crippen LogP contribution < -0.4 is 4.90 Å². The van der Waals surface area contributed by atoms with E-state index in [1.807, 2.05) is 13.1 Å². The number of piperazine rings is 1. The molecule has 1 aliphatic rings. The van der Waals surface area contributed by atoms with Crippen molar-refractivity contribution in [1.82, 2.24) is 14.7 Å². The third-order valence-electron chi connectivity index (χ3n) is 5.11. The molecule has 0 unspecified atom stereocenters. The van der Waals surface area contributed by atoms with E-state index in [-0.39, 0.29) is 5.78 Å². The van der Waals surface area contributed by atoms with Crippen LogP contribution in [0.15, 0.2) is 18.2 Å². The maximum absolute atomic E-state index is 11.7. The Bertz CT molecular complexity index is 891. The lowest BCUT2D eigenvalue weighted by molar-refractivity contribution is 0.101. The van der Waals surface area contributed by atoms with Crippen molar-refractivity contribution in [3.05, 3.63) is 45.7 Å². The van der Waals surface area contributed by atoms with Crippen molar-refractivity contribution in [2.45, 2.75) is 26.8 Å². The number of aromatic nitrogens is 2. The molecular formula is C20H24ClN5O. The summed E-state index contributed by atoms with van der Waals surface area (Å²) in [6.07, 6.45) is 0.860. The highest BCUT2D eigenvalue weighted by atomic mass is 35.5. The van der Waals surface area contributed by atoms with Gasteiger partial charge in [-0.05, 0) is 31.5 Å². The van der Waals surface area contributed by atoms with Gasteiger partial charge in [-0.15, -0.1) is 0 Å². The van der Waals surface area contributed by atoms with E-state index in [1.54, 1.807) is 23.7 Å². The number of carbonyl (C=O) groups excluding carboxylic acids is 1. The number of Topliss-reactive ketones (excluding diaryl/α,β-unsaturated/α-hetero) is 1. The molecule has 0 atom stereocenters. The molecule has 0 bridgehead atoms. The zero-order valence-electron chi connectivity index (χ0n) is 16.0. The lowest BCUT2D eigenvalue weighted by Gasteiger charge is -2.36. The number of hydrogen-bond acceptors (Lipinski definition) is 5. The minimum atomic E-state index is 0.0118. The first kappa shape index (κ1) is 19.4. The second-order valence-electron chi connectivity index (χ2n) is 6.86. The number of halogens is 1. The van der Waals surface area contributed by atoms with Crippen molar-refractivity contribution in [3.8, 4) is 6.07 Å².